The van der Waals surface area contributed by atoms with Crippen molar-refractivity contribution in [2.24, 2.45) is 0 Å². The Morgan fingerprint density at radius 3 is 0.733 bits per heavy atom. The van der Waals surface area contributed by atoms with Crippen LogP contribution in [-0.2, 0) is 21.7 Å². The summed E-state index contributed by atoms with van der Waals surface area (Å²) in [5.74, 6) is 0. The molecule has 0 amide bonds. The van der Waals surface area contributed by atoms with E-state index in [0.717, 1.165) is 99.5 Å². The topological polar surface area (TPSA) is 32.8 Å². The smallest absolute Gasteiger partial charge is 0.143 e. The summed E-state index contributed by atoms with van der Waals surface area (Å²) in [7, 11) is 0. The Kier molecular flexibility index (Phi) is 13.5. The summed E-state index contributed by atoms with van der Waals surface area (Å²) in [5, 5.41) is 8.58. The van der Waals surface area contributed by atoms with Crippen molar-refractivity contribution in [3.05, 3.63) is 336 Å². The molecule has 0 aliphatic carbocycles. The third-order valence-electron chi connectivity index (χ3n) is 19.9. The number of anilines is 6. The Morgan fingerprint density at radius 1 is 0.211 bits per heavy atom. The van der Waals surface area contributed by atoms with Crippen LogP contribution in [-0.4, -0.2) is 0 Å². The molecule has 0 spiro atoms. The number of hydrogen-bond donors (Lipinski definition) is 0. The van der Waals surface area contributed by atoms with Crippen molar-refractivity contribution in [3.63, 3.8) is 0 Å². The molecule has 4 nitrogen and oxygen atoms in total. The average Bonchev–Trinajstić information content (AvgIpc) is 1.59. The molecule has 2 heterocycles. The fraction of sp³-hybridized carbons (Fsp3) is 0.140. The van der Waals surface area contributed by atoms with E-state index < -0.39 is 0 Å². The van der Waals surface area contributed by atoms with Crippen LogP contribution in [0.4, 0.5) is 34.1 Å². The summed E-state index contributed by atoms with van der Waals surface area (Å²) in [4.78, 5) is 4.75. The van der Waals surface area contributed by atoms with Crippen LogP contribution >= 0.6 is 0 Å². The van der Waals surface area contributed by atoms with Crippen molar-refractivity contribution in [1.82, 2.24) is 0 Å². The first-order valence-corrected chi connectivity index (χ1v) is 31.5. The van der Waals surface area contributed by atoms with Gasteiger partial charge < -0.3 is 18.6 Å². The van der Waals surface area contributed by atoms with E-state index in [0.29, 0.717) is 0 Å². The minimum Gasteiger partial charge on any atom is -0.455 e. The molecule has 0 saturated heterocycles. The van der Waals surface area contributed by atoms with Crippen LogP contribution < -0.4 is 9.80 Å². The summed E-state index contributed by atoms with van der Waals surface area (Å²) in [6, 6.07) is 106. The zero-order chi connectivity index (χ0) is 61.5. The molecule has 0 fully saturated rings. The van der Waals surface area contributed by atoms with Gasteiger partial charge in [-0.05, 0) is 158 Å². The SMILES string of the molecule is CC(C)(c1ccccc1)c1ccc(N(c2ccc(C(C)(C)c3ccccc3)cc2)c2ccc3c(ccc4c5cc6c(cc5oc34)oc3c4ccc(N(c5ccc(C(C)(C)c7ccccc7)cc5)c5ccc(C(C)(C)c7ccccc7)cc5)cc4ccc63)c2)cc1. The molecule has 438 valence electrons. The van der Waals surface area contributed by atoms with Gasteiger partial charge in [0.1, 0.15) is 22.3 Å². The van der Waals surface area contributed by atoms with E-state index in [1.54, 1.807) is 0 Å². The van der Waals surface area contributed by atoms with Crippen LogP contribution in [0.2, 0.25) is 0 Å². The normalized spacial score (nSPS) is 12.4. The molecule has 90 heavy (non-hydrogen) atoms. The van der Waals surface area contributed by atoms with E-state index in [2.05, 4.69) is 356 Å². The largest absolute Gasteiger partial charge is 0.455 e. The molecule has 0 bridgehead atoms. The van der Waals surface area contributed by atoms with E-state index in [1.807, 2.05) is 0 Å². The highest BCUT2D eigenvalue weighted by Crippen LogP contribution is 2.46. The maximum Gasteiger partial charge on any atom is 0.143 e. The minimum atomic E-state index is -0.166. The van der Waals surface area contributed by atoms with Gasteiger partial charge in [0.2, 0.25) is 0 Å². The Labute approximate surface area is 527 Å². The van der Waals surface area contributed by atoms with Gasteiger partial charge in [-0.2, -0.15) is 0 Å². The molecule has 2 aromatic heterocycles. The summed E-state index contributed by atoms with van der Waals surface area (Å²) >= 11 is 0. The lowest BCUT2D eigenvalue weighted by molar-refractivity contribution is 0.640. The molecule has 0 unspecified atom stereocenters. The van der Waals surface area contributed by atoms with Gasteiger partial charge in [0, 0.05) is 94.2 Å². The third-order valence-corrected chi connectivity index (χ3v) is 19.9. The highest BCUT2D eigenvalue weighted by Gasteiger charge is 2.29. The second-order valence-electron chi connectivity index (χ2n) is 26.6. The van der Waals surface area contributed by atoms with Crippen LogP contribution in [0.15, 0.2) is 300 Å². The van der Waals surface area contributed by atoms with Crippen LogP contribution in [0, 0.1) is 0 Å². The predicted molar refractivity (Wildman–Crippen MR) is 380 cm³/mol. The van der Waals surface area contributed by atoms with Gasteiger partial charge in [0.05, 0.1) is 0 Å². The monoisotopic (exact) mass is 1160 g/mol. The van der Waals surface area contributed by atoms with Crippen molar-refractivity contribution in [2.75, 3.05) is 9.80 Å². The third kappa shape index (κ3) is 9.61. The van der Waals surface area contributed by atoms with Crippen molar-refractivity contribution in [2.45, 2.75) is 77.0 Å². The van der Waals surface area contributed by atoms with Gasteiger partial charge in [0.15, 0.2) is 0 Å². The second kappa shape index (κ2) is 21.7. The average molecular weight is 1170 g/mol. The quantitative estimate of drug-likeness (QED) is 0.109. The van der Waals surface area contributed by atoms with Crippen molar-refractivity contribution in [3.8, 4) is 0 Å². The first kappa shape index (κ1) is 56.1. The second-order valence-corrected chi connectivity index (χ2v) is 26.6. The zero-order valence-electron chi connectivity index (χ0n) is 52.4. The first-order valence-electron chi connectivity index (χ1n) is 31.5. The zero-order valence-corrected chi connectivity index (χ0v) is 52.4. The number of nitrogens with zero attached hydrogens (tertiary/aromatic N) is 2. The number of benzene rings is 13. The number of rotatable bonds is 14. The summed E-state index contributed by atoms with van der Waals surface area (Å²) < 4.78 is 13.9. The van der Waals surface area contributed by atoms with Gasteiger partial charge in [-0.1, -0.05) is 237 Å². The molecular formula is C86H72N2O2. The van der Waals surface area contributed by atoms with Gasteiger partial charge >= 0.3 is 0 Å². The van der Waals surface area contributed by atoms with Gasteiger partial charge in [-0.15, -0.1) is 0 Å². The maximum atomic E-state index is 6.93. The Balaban J connectivity index is 0.780. The minimum absolute atomic E-state index is 0.166. The van der Waals surface area contributed by atoms with Crippen LogP contribution in [0.5, 0.6) is 0 Å². The van der Waals surface area contributed by atoms with Crippen LogP contribution in [0.1, 0.15) is 99.9 Å². The standard InChI is InChI=1S/C86H72N2O2/c1-83(2,59-21-13-9-14-22-59)63-31-39-67(40-32-63)87(68-41-33-64(34-42-68)84(3,4)60-23-15-10-16-24-60)71-47-51-73-57(53-71)29-49-75-77-55-78-76-50-30-58-54-72(48-52-74(58)82(76)90-80(78)56-79(77)89-81(73)75)88(69-43-35-65(36-44-69)85(5,6)61-25-17-11-18-26-61)70-45-37-66(38-46-70)86(7,8)62-27-19-12-20-28-62/h9-56H,1-8H3. The van der Waals surface area contributed by atoms with Gasteiger partial charge in [-0.25, -0.2) is 0 Å². The molecule has 4 heteroatoms. The summed E-state index contributed by atoms with van der Waals surface area (Å²) in [6.07, 6.45) is 0. The molecule has 0 aliphatic heterocycles. The molecular weight excluding hydrogens is 1090 g/mol. The van der Waals surface area contributed by atoms with Crippen molar-refractivity contribution in [1.29, 1.82) is 0 Å². The van der Waals surface area contributed by atoms with E-state index in [-0.39, 0.29) is 21.7 Å². The lowest BCUT2D eigenvalue weighted by Gasteiger charge is -2.30. The fourth-order valence-electron chi connectivity index (χ4n) is 14.0. The highest BCUT2D eigenvalue weighted by atomic mass is 16.3. The van der Waals surface area contributed by atoms with Crippen LogP contribution in [0.3, 0.4) is 0 Å². The Morgan fingerprint density at radius 2 is 0.456 bits per heavy atom. The Bertz CT molecular complexity index is 4610. The highest BCUT2D eigenvalue weighted by molar-refractivity contribution is 6.22. The molecule has 0 aliphatic rings. The maximum absolute atomic E-state index is 6.93. The van der Waals surface area contributed by atoms with E-state index in [9.17, 15) is 0 Å². The van der Waals surface area contributed by atoms with Gasteiger partial charge in [0.25, 0.3) is 0 Å². The summed E-state index contributed by atoms with van der Waals surface area (Å²) in [6.45, 7) is 18.4. The molecule has 15 aromatic rings. The summed E-state index contributed by atoms with van der Waals surface area (Å²) in [5.41, 5.74) is 19.3. The molecule has 0 N–H and O–H groups in total. The Hall–Kier alpha value is -10.4. The molecule has 0 atom stereocenters. The lowest BCUT2D eigenvalue weighted by Crippen LogP contribution is -2.19. The van der Waals surface area contributed by atoms with Crippen molar-refractivity contribution >= 4 is 99.5 Å². The number of hydrogen-bond acceptors (Lipinski definition) is 4. The molecule has 15 rings (SSSR count). The van der Waals surface area contributed by atoms with E-state index >= 15 is 0 Å². The van der Waals surface area contributed by atoms with Gasteiger partial charge in [-0.3, -0.25) is 0 Å². The van der Waals surface area contributed by atoms with Crippen LogP contribution in [0.25, 0.3) is 65.4 Å². The van der Waals surface area contributed by atoms with E-state index in [1.165, 1.54) is 44.5 Å². The van der Waals surface area contributed by atoms with E-state index in [4.69, 9.17) is 8.83 Å². The molecule has 0 saturated carbocycles. The fourth-order valence-corrected chi connectivity index (χ4v) is 14.0. The van der Waals surface area contributed by atoms with Crippen molar-refractivity contribution < 1.29 is 8.83 Å². The lowest BCUT2D eigenvalue weighted by atomic mass is 9.78. The molecule has 0 radical (unpaired) electrons. The number of fused-ring (bicyclic) bond motifs is 10. The first-order chi connectivity index (χ1) is 43.6. The predicted octanol–water partition coefficient (Wildman–Crippen LogP) is 24.0. The molecule has 13 aromatic carbocycles. The number of furan rings is 2.